The van der Waals surface area contributed by atoms with E-state index in [4.69, 9.17) is 11.6 Å². The molecule has 3 heterocycles. The molecular formula is C24H21ClF2N4O. The highest BCUT2D eigenvalue weighted by atomic mass is 35.5. The summed E-state index contributed by atoms with van der Waals surface area (Å²) < 4.78 is 31.4. The monoisotopic (exact) mass is 454 g/mol. The number of anilines is 2. The Hall–Kier alpha value is -3.19. The molecule has 0 atom stereocenters. The van der Waals surface area contributed by atoms with Gasteiger partial charge in [-0.05, 0) is 48.2 Å². The predicted molar refractivity (Wildman–Crippen MR) is 122 cm³/mol. The number of hydrogen-bond acceptors (Lipinski definition) is 3. The predicted octanol–water partition coefficient (Wildman–Crippen LogP) is 6.38. The average molecular weight is 455 g/mol. The molecule has 5 nitrogen and oxygen atoms in total. The molecular weight excluding hydrogens is 434 g/mol. The van der Waals surface area contributed by atoms with Crippen molar-refractivity contribution in [1.82, 2.24) is 14.3 Å². The van der Waals surface area contributed by atoms with E-state index in [0.29, 0.717) is 22.7 Å². The number of alkyl halides is 2. The quantitative estimate of drug-likeness (QED) is 0.361. The van der Waals surface area contributed by atoms with Crippen LogP contribution in [0.2, 0.25) is 5.02 Å². The fourth-order valence-corrected chi connectivity index (χ4v) is 4.71. The second-order valence-electron chi connectivity index (χ2n) is 8.14. The first-order chi connectivity index (χ1) is 15.3. The molecule has 1 aliphatic rings. The van der Waals surface area contributed by atoms with Crippen LogP contribution in [0.5, 0.6) is 0 Å². The number of aromatic nitrogens is 3. The van der Waals surface area contributed by atoms with Crippen molar-refractivity contribution in [3.63, 3.8) is 0 Å². The number of hydrogen-bond donors (Lipinski definition) is 0. The minimum Gasteiger partial charge on any atom is -0.341 e. The number of rotatable bonds is 3. The Morgan fingerprint density at radius 3 is 2.62 bits per heavy atom. The molecule has 4 aromatic rings. The van der Waals surface area contributed by atoms with Gasteiger partial charge in [0.25, 0.3) is 6.43 Å². The van der Waals surface area contributed by atoms with E-state index in [2.05, 4.69) is 5.10 Å². The van der Waals surface area contributed by atoms with E-state index in [1.54, 1.807) is 48.6 Å². The number of carbonyl (C=O) groups excluding carboxylic acids is 1. The summed E-state index contributed by atoms with van der Waals surface area (Å²) in [4.78, 5) is 13.9. The molecule has 0 amide bonds. The zero-order valence-electron chi connectivity index (χ0n) is 17.6. The number of nitrogens with zero attached hydrogens (tertiary/aromatic N) is 4. The molecule has 0 saturated carbocycles. The standard InChI is InChI=1S/C24H21ClF2N4O/c1-14(32)30-12-16-6-18(25)8-23(21(16)13-30)31-5-3-4-15-7-19(17-10-28-29(2)11-17)20(24(26)27)9-22(15)31/h6-13,24H,3-5H2,1-2H3. The molecule has 5 rings (SSSR count). The molecule has 2 aromatic heterocycles. The van der Waals surface area contributed by atoms with E-state index in [9.17, 15) is 13.6 Å². The van der Waals surface area contributed by atoms with Crippen molar-refractivity contribution in [3.05, 3.63) is 65.2 Å². The maximum atomic E-state index is 14.1. The smallest absolute Gasteiger partial charge is 0.264 e. The zero-order valence-corrected chi connectivity index (χ0v) is 18.4. The van der Waals surface area contributed by atoms with Crippen molar-refractivity contribution < 1.29 is 13.6 Å². The molecule has 0 fully saturated rings. The maximum absolute atomic E-state index is 14.1. The Morgan fingerprint density at radius 2 is 1.94 bits per heavy atom. The van der Waals surface area contributed by atoms with Gasteiger partial charge in [-0.15, -0.1) is 0 Å². The van der Waals surface area contributed by atoms with Gasteiger partial charge in [-0.3, -0.25) is 14.0 Å². The van der Waals surface area contributed by atoms with Gasteiger partial charge < -0.3 is 4.90 Å². The largest absolute Gasteiger partial charge is 0.341 e. The molecule has 1 aliphatic heterocycles. The van der Waals surface area contributed by atoms with Crippen LogP contribution in [0.3, 0.4) is 0 Å². The molecule has 0 saturated heterocycles. The fraction of sp³-hybridized carbons (Fsp3) is 0.250. The molecule has 0 spiro atoms. The van der Waals surface area contributed by atoms with Gasteiger partial charge in [-0.2, -0.15) is 5.10 Å². The van der Waals surface area contributed by atoms with Crippen LogP contribution in [-0.2, 0) is 13.5 Å². The minimum atomic E-state index is -2.63. The number of benzene rings is 2. The van der Waals surface area contributed by atoms with Crippen LogP contribution < -0.4 is 4.90 Å². The third-order valence-corrected chi connectivity index (χ3v) is 6.19. The molecule has 0 radical (unpaired) electrons. The summed E-state index contributed by atoms with van der Waals surface area (Å²) >= 11 is 6.40. The lowest BCUT2D eigenvalue weighted by molar-refractivity contribution is 0.0937. The van der Waals surface area contributed by atoms with E-state index in [0.717, 1.165) is 40.6 Å². The lowest BCUT2D eigenvalue weighted by Gasteiger charge is -2.33. The summed E-state index contributed by atoms with van der Waals surface area (Å²) in [6.07, 6.45) is 5.91. The Morgan fingerprint density at radius 1 is 1.12 bits per heavy atom. The lowest BCUT2D eigenvalue weighted by Crippen LogP contribution is -2.25. The SMILES string of the molecule is CC(=O)n1cc2cc(Cl)cc(N3CCCc4cc(-c5cnn(C)c5)c(C(F)F)cc43)c2c1. The molecule has 8 heteroatoms. The third kappa shape index (κ3) is 3.46. The second-order valence-corrected chi connectivity index (χ2v) is 8.58. The van der Waals surface area contributed by atoms with E-state index < -0.39 is 6.43 Å². The molecule has 0 bridgehead atoms. The summed E-state index contributed by atoms with van der Waals surface area (Å²) in [6, 6.07) is 7.10. The van der Waals surface area contributed by atoms with E-state index in [-0.39, 0.29) is 11.5 Å². The normalized spacial score (nSPS) is 13.8. The molecule has 0 aliphatic carbocycles. The zero-order chi connectivity index (χ0) is 22.6. The van der Waals surface area contributed by atoms with Crippen LogP contribution in [0.1, 0.15) is 35.7 Å². The van der Waals surface area contributed by atoms with Crippen LogP contribution in [0, 0.1) is 0 Å². The molecule has 0 unspecified atom stereocenters. The summed E-state index contributed by atoms with van der Waals surface area (Å²) in [7, 11) is 1.77. The van der Waals surface area contributed by atoms with Crippen LogP contribution in [0.25, 0.3) is 21.9 Å². The average Bonchev–Trinajstić information content (AvgIpc) is 3.38. The topological polar surface area (TPSA) is 43.1 Å². The first-order valence-corrected chi connectivity index (χ1v) is 10.7. The first kappa shape index (κ1) is 20.7. The highest BCUT2D eigenvalue weighted by Gasteiger charge is 2.26. The number of halogens is 3. The van der Waals surface area contributed by atoms with Gasteiger partial charge in [0.1, 0.15) is 0 Å². The van der Waals surface area contributed by atoms with Gasteiger partial charge in [-0.25, -0.2) is 8.78 Å². The highest BCUT2D eigenvalue weighted by Crippen LogP contribution is 2.43. The Kier molecular flexibility index (Phi) is 5.01. The van der Waals surface area contributed by atoms with Crippen molar-refractivity contribution in [3.8, 4) is 11.1 Å². The van der Waals surface area contributed by atoms with Crippen molar-refractivity contribution in [2.45, 2.75) is 26.2 Å². The van der Waals surface area contributed by atoms with E-state index >= 15 is 0 Å². The second kappa shape index (κ2) is 7.74. The van der Waals surface area contributed by atoms with E-state index in [1.165, 1.54) is 11.5 Å². The van der Waals surface area contributed by atoms with Gasteiger partial charge in [0.2, 0.25) is 5.91 Å². The Balaban J connectivity index is 1.70. The summed E-state index contributed by atoms with van der Waals surface area (Å²) in [5, 5.41) is 6.36. The molecule has 2 aromatic carbocycles. The van der Waals surface area contributed by atoms with Crippen LogP contribution in [-0.4, -0.2) is 26.8 Å². The van der Waals surface area contributed by atoms with Gasteiger partial charge >= 0.3 is 0 Å². The van der Waals surface area contributed by atoms with Gasteiger partial charge in [0, 0.05) is 71.7 Å². The van der Waals surface area contributed by atoms with Crippen molar-refractivity contribution in [1.29, 1.82) is 0 Å². The summed E-state index contributed by atoms with van der Waals surface area (Å²) in [5.74, 6) is -0.108. The van der Waals surface area contributed by atoms with Crippen molar-refractivity contribution >= 4 is 39.7 Å². The lowest BCUT2D eigenvalue weighted by atomic mass is 9.92. The van der Waals surface area contributed by atoms with Crippen LogP contribution in [0.15, 0.2) is 49.1 Å². The van der Waals surface area contributed by atoms with Crippen LogP contribution >= 0.6 is 11.6 Å². The van der Waals surface area contributed by atoms with Gasteiger partial charge in [-0.1, -0.05) is 11.6 Å². The Bertz CT molecular complexity index is 1360. The van der Waals surface area contributed by atoms with Gasteiger partial charge in [0.05, 0.1) is 11.9 Å². The summed E-state index contributed by atoms with van der Waals surface area (Å²) in [6.45, 7) is 2.16. The van der Waals surface area contributed by atoms with Crippen molar-refractivity contribution in [2.24, 2.45) is 7.05 Å². The minimum absolute atomic E-state index is 0.0248. The van der Waals surface area contributed by atoms with Gasteiger partial charge in [0.15, 0.2) is 0 Å². The van der Waals surface area contributed by atoms with Crippen molar-refractivity contribution in [2.75, 3.05) is 11.4 Å². The first-order valence-electron chi connectivity index (χ1n) is 10.4. The van der Waals surface area contributed by atoms with Crippen LogP contribution in [0.4, 0.5) is 20.2 Å². The fourth-order valence-electron chi connectivity index (χ4n) is 4.49. The number of fused-ring (bicyclic) bond motifs is 2. The highest BCUT2D eigenvalue weighted by molar-refractivity contribution is 6.32. The third-order valence-electron chi connectivity index (χ3n) is 5.98. The number of aryl methyl sites for hydroxylation is 2. The van der Waals surface area contributed by atoms with E-state index in [1.807, 2.05) is 17.0 Å². The molecule has 32 heavy (non-hydrogen) atoms. The summed E-state index contributed by atoms with van der Waals surface area (Å²) in [5.41, 5.74) is 3.71. The molecule has 164 valence electrons. The maximum Gasteiger partial charge on any atom is 0.264 e. The Labute approximate surface area is 188 Å². The number of carbonyl (C=O) groups is 1. The molecule has 0 N–H and O–H groups in total.